The summed E-state index contributed by atoms with van der Waals surface area (Å²) in [6.45, 7) is 15.5. The Morgan fingerprint density at radius 1 is 0.863 bits per heavy atom. The number of aliphatic hydroxyl groups excluding tert-OH is 1. The number of rotatable bonds is 17. The van der Waals surface area contributed by atoms with Crippen LogP contribution in [0.3, 0.4) is 0 Å². The number of piperazine rings is 1. The number of ether oxygens (including phenoxy) is 1. The summed E-state index contributed by atoms with van der Waals surface area (Å²) in [7, 11) is 0. The molecule has 2 aromatic carbocycles. The number of hydrogen-bond donors (Lipinski definition) is 4. The molecule has 5 saturated heterocycles. The minimum atomic E-state index is -0.799. The molecule has 2 unspecified atom stereocenters. The van der Waals surface area contributed by atoms with Crippen LogP contribution in [0.15, 0.2) is 83.0 Å². The van der Waals surface area contributed by atoms with Crippen molar-refractivity contribution in [1.29, 1.82) is 0 Å². The largest absolute Gasteiger partial charge is 0.507 e. The average molecular weight is 1110 g/mol. The molecule has 6 fully saturated rings. The number of aliphatic hydroxyl groups is 1. The predicted octanol–water partition coefficient (Wildman–Crippen LogP) is 7.58. The SMILES string of the molecule is Cc1ncsc1-c1ccc([C@H](C)NC(=O)[C@@H]2C[C@@H](O)CN2C(=O)[C@@H](c2cc(N3CCC(CN4CCC(OC5CC(n6ccc(CN7C8CCC7CN(c7cc(-c9ccccc9O)nnc7N)C8)n6)C5)CC4)CC3)no2)C(C)C)cc1. The fraction of sp³-hybridized carbons (Fsp3) is 0.550. The second kappa shape index (κ2) is 23.2. The summed E-state index contributed by atoms with van der Waals surface area (Å²) < 4.78 is 14.8. The molecule has 5 aliphatic heterocycles. The summed E-state index contributed by atoms with van der Waals surface area (Å²) in [5, 5.41) is 42.5. The van der Waals surface area contributed by atoms with Gasteiger partial charge in [0.25, 0.3) is 0 Å². The highest BCUT2D eigenvalue weighted by Gasteiger charge is 2.45. The summed E-state index contributed by atoms with van der Waals surface area (Å²) in [5.41, 5.74) is 14.5. The monoisotopic (exact) mass is 1110 g/mol. The van der Waals surface area contributed by atoms with Crippen molar-refractivity contribution in [3.8, 4) is 27.4 Å². The van der Waals surface area contributed by atoms with Gasteiger partial charge in [-0.3, -0.25) is 19.2 Å². The van der Waals surface area contributed by atoms with Gasteiger partial charge >= 0.3 is 0 Å². The Kier molecular flexibility index (Phi) is 15.7. The molecule has 2 amide bonds. The molecule has 1 saturated carbocycles. The van der Waals surface area contributed by atoms with Gasteiger partial charge in [-0.15, -0.1) is 21.5 Å². The van der Waals surface area contributed by atoms with Crippen molar-refractivity contribution in [3.63, 3.8) is 0 Å². The predicted molar refractivity (Wildman–Crippen MR) is 307 cm³/mol. The Hall–Kier alpha value is -6.45. The van der Waals surface area contributed by atoms with E-state index in [2.05, 4.69) is 62.2 Å². The number of fused-ring (bicyclic) bond motifs is 2. The number of aromatic nitrogens is 6. The summed E-state index contributed by atoms with van der Waals surface area (Å²) >= 11 is 1.60. The molecule has 2 bridgehead atoms. The number of phenolic OH excluding ortho intramolecular Hbond substituents is 1. The summed E-state index contributed by atoms with van der Waals surface area (Å²) in [6, 6.07) is 21.5. The maximum Gasteiger partial charge on any atom is 0.243 e. The average Bonchev–Trinajstić information content (AvgIpc) is 4.33. The molecule has 12 rings (SSSR count). The number of nitrogens with two attached hydrogens (primary N) is 1. The zero-order valence-corrected chi connectivity index (χ0v) is 47.3. The Morgan fingerprint density at radius 2 is 1.61 bits per heavy atom. The summed E-state index contributed by atoms with van der Waals surface area (Å²) in [5.74, 6) is 1.14. The number of para-hydroxylation sites is 1. The van der Waals surface area contributed by atoms with Crippen LogP contribution in [0.5, 0.6) is 5.75 Å². The standard InChI is InChI=1S/C60H77N13O6S/c1-36(2)56(60(77)72-34-46(74)27-52(72)59(76)63-37(3)40-9-11-41(12-10-40)57-38(4)62-35-80-57)54-29-55(67-79-54)69-22-15-39(16-23-69)30-68-20-18-47(19-21-68)78-48-25-45(26-48)73-24-17-42(66-73)31-71-43-13-14-44(71)33-70(32-43)51-28-50(64-65-58(51)61)49-7-5-6-8-53(49)75/h5-12,17,24,28-29,35-37,39,43-48,52,56,74-75H,13-16,18-23,25-27,30-34H2,1-4H3,(H2,61,65)(H,63,76)/t37-,43?,44?,45?,46+,48?,52-,56+/m0/s1. The van der Waals surface area contributed by atoms with E-state index in [9.17, 15) is 19.8 Å². The van der Waals surface area contributed by atoms with Crippen LogP contribution < -0.4 is 20.9 Å². The third-order valence-corrected chi connectivity index (χ3v) is 19.2. The topological polar surface area (TPSA) is 221 Å². The number of nitrogens with zero attached hydrogens (tertiary/aromatic N) is 11. The van der Waals surface area contributed by atoms with E-state index in [1.165, 1.54) is 0 Å². The van der Waals surface area contributed by atoms with E-state index in [1.54, 1.807) is 28.4 Å². The fourth-order valence-electron chi connectivity index (χ4n) is 13.5. The second-order valence-electron chi connectivity index (χ2n) is 23.9. The van der Waals surface area contributed by atoms with Crippen molar-refractivity contribution >= 4 is 40.5 Å². The number of thiazole rings is 1. The number of anilines is 3. The smallest absolute Gasteiger partial charge is 0.243 e. The molecular formula is C60H77N13O6S. The van der Waals surface area contributed by atoms with Gasteiger partial charge in [0.05, 0.1) is 63.6 Å². The first-order valence-corrected chi connectivity index (χ1v) is 30.0. The lowest BCUT2D eigenvalue weighted by Gasteiger charge is -2.42. The number of β-amino-alcohol motifs (C(OH)–C–C–N with tert-alkyl or cyclic N) is 1. The molecule has 5 N–H and O–H groups in total. The molecule has 19 nitrogen and oxygen atoms in total. The number of phenols is 1. The van der Waals surface area contributed by atoms with E-state index in [1.807, 2.05) is 81.7 Å². The van der Waals surface area contributed by atoms with Gasteiger partial charge in [0, 0.05) is 95.2 Å². The Labute approximate surface area is 472 Å². The number of piperidine rings is 2. The molecular weight excluding hydrogens is 1030 g/mol. The van der Waals surface area contributed by atoms with Gasteiger partial charge in [0.2, 0.25) is 11.8 Å². The van der Waals surface area contributed by atoms with Crippen LogP contribution in [-0.2, 0) is 20.9 Å². The molecule has 80 heavy (non-hydrogen) atoms. The van der Waals surface area contributed by atoms with Crippen LogP contribution in [0.2, 0.25) is 0 Å². The molecule has 6 aromatic rings. The van der Waals surface area contributed by atoms with E-state index >= 15 is 0 Å². The molecule has 6 atom stereocenters. The number of aryl methyl sites for hydroxylation is 1. The maximum absolute atomic E-state index is 14.4. The number of aromatic hydroxyl groups is 1. The second-order valence-corrected chi connectivity index (χ2v) is 24.8. The van der Waals surface area contributed by atoms with Crippen LogP contribution in [0.25, 0.3) is 21.7 Å². The van der Waals surface area contributed by atoms with Crippen LogP contribution in [0, 0.1) is 18.8 Å². The minimum Gasteiger partial charge on any atom is -0.507 e. The van der Waals surface area contributed by atoms with Gasteiger partial charge in [-0.2, -0.15) is 5.10 Å². The van der Waals surface area contributed by atoms with Crippen LogP contribution in [0.1, 0.15) is 119 Å². The molecule has 20 heteroatoms. The van der Waals surface area contributed by atoms with Crippen molar-refractivity contribution in [2.75, 3.05) is 67.9 Å². The lowest BCUT2D eigenvalue weighted by molar-refractivity contribution is -0.141. The number of nitrogens with one attached hydrogen (secondary N) is 1. The lowest BCUT2D eigenvalue weighted by atomic mass is 9.89. The van der Waals surface area contributed by atoms with Gasteiger partial charge in [-0.25, -0.2) is 4.98 Å². The molecule has 0 spiro atoms. The van der Waals surface area contributed by atoms with Crippen LogP contribution in [0.4, 0.5) is 17.3 Å². The van der Waals surface area contributed by atoms with E-state index in [4.69, 9.17) is 20.1 Å². The van der Waals surface area contributed by atoms with Crippen LogP contribution >= 0.6 is 11.3 Å². The highest BCUT2D eigenvalue weighted by atomic mass is 32.1. The van der Waals surface area contributed by atoms with Crippen molar-refractivity contribution < 1.29 is 29.1 Å². The van der Waals surface area contributed by atoms with Gasteiger partial charge in [-0.1, -0.05) is 55.4 Å². The Morgan fingerprint density at radius 3 is 2.33 bits per heavy atom. The normalized spacial score (nSPS) is 24.9. The zero-order valence-electron chi connectivity index (χ0n) is 46.5. The molecule has 424 valence electrons. The number of benzene rings is 2. The highest BCUT2D eigenvalue weighted by molar-refractivity contribution is 7.13. The van der Waals surface area contributed by atoms with Crippen molar-refractivity contribution in [2.24, 2.45) is 11.8 Å². The van der Waals surface area contributed by atoms with Gasteiger partial charge in [-0.05, 0) is 112 Å². The number of likely N-dealkylation sites (tertiary alicyclic amines) is 2. The molecule has 1 aliphatic carbocycles. The number of amides is 2. The quantitative estimate of drug-likeness (QED) is 0.0691. The lowest BCUT2D eigenvalue weighted by Crippen LogP contribution is -2.53. The third-order valence-electron chi connectivity index (χ3n) is 18.2. The van der Waals surface area contributed by atoms with Gasteiger partial charge < -0.3 is 50.1 Å². The van der Waals surface area contributed by atoms with Crippen molar-refractivity contribution in [1.82, 2.24) is 50.1 Å². The Bertz CT molecular complexity index is 3090. The molecule has 6 aliphatic rings. The first kappa shape index (κ1) is 54.2. The van der Waals surface area contributed by atoms with E-state index in [-0.39, 0.29) is 48.6 Å². The summed E-state index contributed by atoms with van der Waals surface area (Å²) in [4.78, 5) is 45.1. The van der Waals surface area contributed by atoms with E-state index in [0.717, 1.165) is 143 Å². The Balaban J connectivity index is 0.560. The molecule has 0 radical (unpaired) electrons. The maximum atomic E-state index is 14.4. The molecule has 9 heterocycles. The third kappa shape index (κ3) is 11.4. The van der Waals surface area contributed by atoms with Crippen molar-refractivity contribution in [3.05, 3.63) is 101 Å². The van der Waals surface area contributed by atoms with E-state index in [0.29, 0.717) is 53.0 Å². The zero-order chi connectivity index (χ0) is 55.2. The minimum absolute atomic E-state index is 0.0885. The number of hydrogen-bond acceptors (Lipinski definition) is 17. The first-order valence-electron chi connectivity index (χ1n) is 29.1. The summed E-state index contributed by atoms with van der Waals surface area (Å²) in [6.07, 6.45) is 10.6. The van der Waals surface area contributed by atoms with Crippen molar-refractivity contribution in [2.45, 2.75) is 146 Å². The first-order chi connectivity index (χ1) is 38.8. The van der Waals surface area contributed by atoms with Crippen LogP contribution in [-0.4, -0.2) is 156 Å². The van der Waals surface area contributed by atoms with Gasteiger partial charge in [0.15, 0.2) is 17.4 Å². The number of nitrogen functional groups attached to an aromatic ring is 1. The number of carbonyl (C=O) groups excluding carboxylic acids is 2. The molecule has 4 aromatic heterocycles. The highest BCUT2D eigenvalue weighted by Crippen LogP contribution is 2.40. The number of carbonyl (C=O) groups is 2. The fourth-order valence-corrected chi connectivity index (χ4v) is 14.3. The van der Waals surface area contributed by atoms with Gasteiger partial charge in [0.1, 0.15) is 17.7 Å². The van der Waals surface area contributed by atoms with E-state index < -0.39 is 18.1 Å².